The van der Waals surface area contributed by atoms with Crippen LogP contribution < -0.4 is 21.8 Å². The molecule has 1 aliphatic rings. The van der Waals surface area contributed by atoms with E-state index in [2.05, 4.69) is 33.0 Å². The summed E-state index contributed by atoms with van der Waals surface area (Å²) in [5, 5.41) is 8.77. The van der Waals surface area contributed by atoms with Crippen molar-refractivity contribution in [3.05, 3.63) is 41.7 Å². The minimum absolute atomic E-state index is 0.204. The number of amides is 3. The summed E-state index contributed by atoms with van der Waals surface area (Å²) in [6.45, 7) is 5.76. The Hall–Kier alpha value is -3.66. The highest BCUT2D eigenvalue weighted by Crippen LogP contribution is 2.30. The number of fused-ring (bicyclic) bond motifs is 1. The second kappa shape index (κ2) is 9.23. The number of rotatable bonds is 6. The molecule has 168 valence electrons. The number of aryl methyl sites for hydroxylation is 1. The summed E-state index contributed by atoms with van der Waals surface area (Å²) in [5.74, 6) is 0.745. The Morgan fingerprint density at radius 1 is 1.12 bits per heavy atom. The van der Waals surface area contributed by atoms with Crippen molar-refractivity contribution in [2.24, 2.45) is 5.73 Å². The van der Waals surface area contributed by atoms with Gasteiger partial charge in [-0.05, 0) is 55.5 Å². The van der Waals surface area contributed by atoms with Crippen LogP contribution in [-0.4, -0.2) is 44.7 Å². The standard InChI is InChI=1S/C22H28N8O2/c1-3-15-16-13-14(7-8-18(16)30(20(23)31)17(15)4-2)25-19-9-10-24-21(26-19)27-22(32)28-29-11-5-6-12-29/h7-10,13H,3-6,11-12H2,1-2H3,(H2,23,31)(H3,24,25,26,27,28,32). The van der Waals surface area contributed by atoms with Gasteiger partial charge in [-0.2, -0.15) is 4.98 Å². The summed E-state index contributed by atoms with van der Waals surface area (Å²) in [7, 11) is 0. The molecule has 1 saturated heterocycles. The number of nitrogens with zero attached hydrogens (tertiary/aromatic N) is 4. The minimum Gasteiger partial charge on any atom is -0.351 e. The van der Waals surface area contributed by atoms with Gasteiger partial charge in [-0.1, -0.05) is 13.8 Å². The molecule has 32 heavy (non-hydrogen) atoms. The molecule has 1 aromatic carbocycles. The lowest BCUT2D eigenvalue weighted by Gasteiger charge is -2.16. The number of primary amides is 1. The summed E-state index contributed by atoms with van der Waals surface area (Å²) in [6, 6.07) is 6.62. The molecule has 1 aliphatic heterocycles. The molecule has 3 amide bonds. The molecule has 0 aliphatic carbocycles. The van der Waals surface area contributed by atoms with Crippen molar-refractivity contribution in [3.63, 3.8) is 0 Å². The van der Waals surface area contributed by atoms with E-state index in [-0.39, 0.29) is 12.0 Å². The van der Waals surface area contributed by atoms with Crippen LogP contribution in [-0.2, 0) is 12.8 Å². The lowest BCUT2D eigenvalue weighted by atomic mass is 10.1. The third-order valence-corrected chi connectivity index (χ3v) is 5.61. The van der Waals surface area contributed by atoms with Gasteiger partial charge in [0.15, 0.2) is 0 Å². The van der Waals surface area contributed by atoms with Crippen LogP contribution in [0.3, 0.4) is 0 Å². The molecular weight excluding hydrogens is 408 g/mol. The van der Waals surface area contributed by atoms with Crippen molar-refractivity contribution in [1.82, 2.24) is 25.0 Å². The molecule has 0 atom stereocenters. The van der Waals surface area contributed by atoms with Crippen LogP contribution in [0.4, 0.5) is 27.0 Å². The monoisotopic (exact) mass is 436 g/mol. The van der Waals surface area contributed by atoms with Crippen LogP contribution in [0.5, 0.6) is 0 Å². The van der Waals surface area contributed by atoms with E-state index in [1.165, 1.54) is 0 Å². The van der Waals surface area contributed by atoms with Crippen LogP contribution in [0.1, 0.15) is 37.9 Å². The first-order chi connectivity index (χ1) is 15.5. The zero-order chi connectivity index (χ0) is 22.7. The van der Waals surface area contributed by atoms with Crippen LogP contribution in [0.25, 0.3) is 10.9 Å². The predicted octanol–water partition coefficient (Wildman–Crippen LogP) is 3.36. The lowest BCUT2D eigenvalue weighted by Crippen LogP contribution is -2.42. The first-order valence-corrected chi connectivity index (χ1v) is 10.9. The van der Waals surface area contributed by atoms with E-state index in [0.29, 0.717) is 12.2 Å². The van der Waals surface area contributed by atoms with Crippen LogP contribution >= 0.6 is 0 Å². The van der Waals surface area contributed by atoms with E-state index >= 15 is 0 Å². The fourth-order valence-corrected chi connectivity index (χ4v) is 4.24. The summed E-state index contributed by atoms with van der Waals surface area (Å²) in [5.41, 5.74) is 12.1. The van der Waals surface area contributed by atoms with Gasteiger partial charge in [0.25, 0.3) is 0 Å². The zero-order valence-electron chi connectivity index (χ0n) is 18.3. The second-order valence-electron chi connectivity index (χ2n) is 7.69. The van der Waals surface area contributed by atoms with Gasteiger partial charge in [-0.15, -0.1) is 0 Å². The van der Waals surface area contributed by atoms with E-state index in [1.807, 2.05) is 30.1 Å². The van der Waals surface area contributed by atoms with Crippen molar-refractivity contribution in [2.45, 2.75) is 39.5 Å². The maximum Gasteiger partial charge on any atom is 0.336 e. The molecule has 10 nitrogen and oxygen atoms in total. The smallest absolute Gasteiger partial charge is 0.336 e. The van der Waals surface area contributed by atoms with Gasteiger partial charge in [0.1, 0.15) is 5.82 Å². The summed E-state index contributed by atoms with van der Waals surface area (Å²) < 4.78 is 1.59. The largest absolute Gasteiger partial charge is 0.351 e. The molecule has 3 aromatic rings. The fraction of sp³-hybridized carbons (Fsp3) is 0.364. The summed E-state index contributed by atoms with van der Waals surface area (Å²) >= 11 is 0. The van der Waals surface area contributed by atoms with Gasteiger partial charge in [-0.3, -0.25) is 15.3 Å². The van der Waals surface area contributed by atoms with E-state index in [4.69, 9.17) is 5.73 Å². The Balaban J connectivity index is 1.55. The number of anilines is 3. The Kier molecular flexibility index (Phi) is 6.22. The second-order valence-corrected chi connectivity index (χ2v) is 7.69. The average Bonchev–Trinajstić information content (AvgIpc) is 3.38. The number of hydrogen-bond donors (Lipinski definition) is 4. The fourth-order valence-electron chi connectivity index (χ4n) is 4.24. The number of benzene rings is 1. The number of nitrogens with two attached hydrogens (primary N) is 1. The molecule has 0 spiro atoms. The third-order valence-electron chi connectivity index (χ3n) is 5.61. The number of nitrogens with one attached hydrogen (secondary N) is 3. The minimum atomic E-state index is -0.481. The maximum atomic E-state index is 12.2. The first kappa shape index (κ1) is 21.6. The van der Waals surface area contributed by atoms with Gasteiger partial charge in [-0.25, -0.2) is 19.6 Å². The van der Waals surface area contributed by atoms with Gasteiger partial charge >= 0.3 is 12.1 Å². The maximum absolute atomic E-state index is 12.2. The van der Waals surface area contributed by atoms with Crippen molar-refractivity contribution in [3.8, 4) is 0 Å². The number of urea groups is 1. The first-order valence-electron chi connectivity index (χ1n) is 10.9. The van der Waals surface area contributed by atoms with Crippen LogP contribution in [0.2, 0.25) is 0 Å². The molecule has 1 fully saturated rings. The molecule has 0 bridgehead atoms. The number of carbonyl (C=O) groups excluding carboxylic acids is 2. The SMILES string of the molecule is CCc1c(CC)n(C(N)=O)c2ccc(Nc3ccnc(NC(=O)NN4CCCC4)n3)cc12. The summed E-state index contributed by atoms with van der Waals surface area (Å²) in [4.78, 5) is 32.7. The Bertz CT molecular complexity index is 1150. The number of hydrazine groups is 1. The molecule has 4 rings (SSSR count). The van der Waals surface area contributed by atoms with E-state index < -0.39 is 6.03 Å². The van der Waals surface area contributed by atoms with Gasteiger partial charge in [0.05, 0.1) is 5.52 Å². The summed E-state index contributed by atoms with van der Waals surface area (Å²) in [6.07, 6.45) is 5.22. The average molecular weight is 437 g/mol. The van der Waals surface area contributed by atoms with Crippen molar-refractivity contribution in [1.29, 1.82) is 0 Å². The quantitative estimate of drug-likeness (QED) is 0.469. The van der Waals surface area contributed by atoms with E-state index in [9.17, 15) is 9.59 Å². The molecule has 0 unspecified atom stereocenters. The molecule has 3 heterocycles. The van der Waals surface area contributed by atoms with Gasteiger partial charge in [0, 0.05) is 36.1 Å². The highest BCUT2D eigenvalue weighted by atomic mass is 16.2. The Morgan fingerprint density at radius 2 is 1.91 bits per heavy atom. The Morgan fingerprint density at radius 3 is 2.59 bits per heavy atom. The topological polar surface area (TPSA) is 130 Å². The highest BCUT2D eigenvalue weighted by Gasteiger charge is 2.18. The normalized spacial score (nSPS) is 13.9. The number of hydrogen-bond acceptors (Lipinski definition) is 6. The highest BCUT2D eigenvalue weighted by molar-refractivity contribution is 5.96. The van der Waals surface area contributed by atoms with Gasteiger partial charge < -0.3 is 11.1 Å². The molecular formula is C22H28N8O2. The van der Waals surface area contributed by atoms with Gasteiger partial charge in [0.2, 0.25) is 5.95 Å². The van der Waals surface area contributed by atoms with Crippen molar-refractivity contribution >= 4 is 40.4 Å². The van der Waals surface area contributed by atoms with Crippen LogP contribution in [0.15, 0.2) is 30.5 Å². The molecule has 0 radical (unpaired) electrons. The molecule has 5 N–H and O–H groups in total. The van der Waals surface area contributed by atoms with Crippen molar-refractivity contribution < 1.29 is 9.59 Å². The number of carbonyl (C=O) groups is 2. The molecule has 0 saturated carbocycles. The van der Waals surface area contributed by atoms with Crippen LogP contribution in [0, 0.1) is 0 Å². The lowest BCUT2D eigenvalue weighted by molar-refractivity contribution is 0.209. The number of aromatic nitrogens is 3. The predicted molar refractivity (Wildman–Crippen MR) is 124 cm³/mol. The molecule has 2 aromatic heterocycles. The van der Waals surface area contributed by atoms with Crippen molar-refractivity contribution in [2.75, 3.05) is 23.7 Å². The Labute approximate surface area is 186 Å². The third kappa shape index (κ3) is 4.35. The molecule has 10 heteroatoms. The van der Waals surface area contributed by atoms with E-state index in [1.54, 1.807) is 16.8 Å². The zero-order valence-corrected chi connectivity index (χ0v) is 18.3. The van der Waals surface area contributed by atoms with E-state index in [0.717, 1.165) is 60.2 Å².